The molecule has 2 aromatic rings. The molecule has 0 aliphatic carbocycles. The lowest BCUT2D eigenvalue weighted by molar-refractivity contribution is 0.174. The minimum atomic E-state index is 0. The maximum atomic E-state index is 5.42. The third kappa shape index (κ3) is 6.16. The van der Waals surface area contributed by atoms with E-state index in [0.29, 0.717) is 25.8 Å². The quantitative estimate of drug-likeness (QED) is 0.358. The van der Waals surface area contributed by atoms with Gasteiger partial charge in [-0.3, -0.25) is 4.99 Å². The third-order valence-corrected chi connectivity index (χ3v) is 3.92. The van der Waals surface area contributed by atoms with E-state index in [4.69, 9.17) is 14.2 Å². The van der Waals surface area contributed by atoms with E-state index in [1.807, 2.05) is 31.2 Å². The molecule has 0 saturated carbocycles. The van der Waals surface area contributed by atoms with Crippen LogP contribution in [-0.4, -0.2) is 37.9 Å². The van der Waals surface area contributed by atoms with Gasteiger partial charge in [0.05, 0.1) is 6.61 Å². The first-order chi connectivity index (χ1) is 12.8. The molecule has 8 heteroatoms. The number of nitrogens with one attached hydrogen (secondary N) is 2. The van der Waals surface area contributed by atoms with Gasteiger partial charge in [-0.2, -0.15) is 0 Å². The Hall–Kier alpha value is -2.23. The Morgan fingerprint density at radius 3 is 2.81 bits per heavy atom. The van der Waals surface area contributed by atoms with Gasteiger partial charge in [0, 0.05) is 32.4 Å². The second kappa shape index (κ2) is 10.8. The summed E-state index contributed by atoms with van der Waals surface area (Å²) in [5, 5.41) is 6.61. The molecule has 0 fully saturated rings. The van der Waals surface area contributed by atoms with Crippen molar-refractivity contribution in [3.63, 3.8) is 0 Å². The van der Waals surface area contributed by atoms with Crippen LogP contribution in [0.4, 0.5) is 0 Å². The molecule has 0 radical (unpaired) electrons. The maximum Gasteiger partial charge on any atom is 0.231 e. The Bertz CT molecular complexity index is 770. The molecule has 146 valence electrons. The summed E-state index contributed by atoms with van der Waals surface area (Å²) in [7, 11) is 1.76. The lowest BCUT2D eigenvalue weighted by atomic mass is 10.1. The zero-order valence-corrected chi connectivity index (χ0v) is 17.9. The number of rotatable bonds is 7. The number of aromatic nitrogens is 1. The van der Waals surface area contributed by atoms with E-state index in [1.165, 1.54) is 5.56 Å². The molecule has 27 heavy (non-hydrogen) atoms. The lowest BCUT2D eigenvalue weighted by Gasteiger charge is -2.12. The van der Waals surface area contributed by atoms with E-state index in [2.05, 4.69) is 26.7 Å². The van der Waals surface area contributed by atoms with Crippen molar-refractivity contribution < 1.29 is 14.2 Å². The van der Waals surface area contributed by atoms with Crippen LogP contribution >= 0.6 is 24.0 Å². The molecule has 2 heterocycles. The van der Waals surface area contributed by atoms with Crippen LogP contribution in [-0.2, 0) is 13.0 Å². The van der Waals surface area contributed by atoms with E-state index >= 15 is 0 Å². The highest BCUT2D eigenvalue weighted by Gasteiger charge is 2.12. The number of hydrogen-bond donors (Lipinski definition) is 2. The number of nitrogens with zero attached hydrogens (tertiary/aromatic N) is 2. The van der Waals surface area contributed by atoms with Gasteiger partial charge in [-0.15, -0.1) is 24.0 Å². The average Bonchev–Trinajstić information content (AvgIpc) is 3.13. The summed E-state index contributed by atoms with van der Waals surface area (Å²) < 4.78 is 16.2. The molecule has 7 nitrogen and oxygen atoms in total. The molecular weight excluding hydrogens is 459 g/mol. The van der Waals surface area contributed by atoms with Gasteiger partial charge in [-0.1, -0.05) is 6.07 Å². The van der Waals surface area contributed by atoms with E-state index in [-0.39, 0.29) is 24.0 Å². The van der Waals surface area contributed by atoms with Crippen LogP contribution in [0.25, 0.3) is 0 Å². The second-order valence-electron chi connectivity index (χ2n) is 5.73. The summed E-state index contributed by atoms with van der Waals surface area (Å²) in [6.07, 6.45) is 2.61. The normalized spacial score (nSPS) is 12.3. The summed E-state index contributed by atoms with van der Waals surface area (Å²) in [6.45, 7) is 4.26. The van der Waals surface area contributed by atoms with Crippen molar-refractivity contribution in [3.8, 4) is 17.4 Å². The Labute approximate surface area is 176 Å². The van der Waals surface area contributed by atoms with Crippen LogP contribution in [0.1, 0.15) is 18.1 Å². The summed E-state index contributed by atoms with van der Waals surface area (Å²) in [4.78, 5) is 8.42. The lowest BCUT2D eigenvalue weighted by Crippen LogP contribution is -2.37. The van der Waals surface area contributed by atoms with Crippen molar-refractivity contribution in [1.29, 1.82) is 0 Å². The molecule has 1 aliphatic heterocycles. The third-order valence-electron chi connectivity index (χ3n) is 3.92. The SMILES string of the molecule is CCOc1cc(CNC(=NC)NCCc2ccc3c(c2)OCO3)ccn1.I. The average molecular weight is 484 g/mol. The Morgan fingerprint density at radius 1 is 1.15 bits per heavy atom. The van der Waals surface area contributed by atoms with Crippen molar-refractivity contribution in [1.82, 2.24) is 15.6 Å². The molecule has 1 aromatic heterocycles. The van der Waals surface area contributed by atoms with E-state index in [1.54, 1.807) is 13.2 Å². The Morgan fingerprint density at radius 2 is 2.00 bits per heavy atom. The van der Waals surface area contributed by atoms with Crippen LogP contribution in [0.3, 0.4) is 0 Å². The highest BCUT2D eigenvalue weighted by Crippen LogP contribution is 2.32. The zero-order valence-electron chi connectivity index (χ0n) is 15.5. The predicted molar refractivity (Wildman–Crippen MR) is 115 cm³/mol. The number of halogens is 1. The van der Waals surface area contributed by atoms with Gasteiger partial charge in [0.15, 0.2) is 17.5 Å². The van der Waals surface area contributed by atoms with Crippen LogP contribution in [0.15, 0.2) is 41.5 Å². The van der Waals surface area contributed by atoms with Crippen LogP contribution in [0.2, 0.25) is 0 Å². The van der Waals surface area contributed by atoms with Crippen LogP contribution in [0.5, 0.6) is 17.4 Å². The molecule has 0 saturated heterocycles. The standard InChI is InChI=1S/C19H24N4O3.HI/c1-3-24-18-11-15(7-8-21-18)12-23-19(20-2)22-9-6-14-4-5-16-17(10-14)26-13-25-16;/h4-5,7-8,10-11H,3,6,9,12-13H2,1-2H3,(H2,20,22,23);1H. The summed E-state index contributed by atoms with van der Waals surface area (Å²) in [6, 6.07) is 9.90. The molecule has 0 bridgehead atoms. The number of fused-ring (bicyclic) bond motifs is 1. The molecule has 1 aromatic carbocycles. The van der Waals surface area contributed by atoms with E-state index in [9.17, 15) is 0 Å². The van der Waals surface area contributed by atoms with Gasteiger partial charge < -0.3 is 24.8 Å². The number of guanidine groups is 1. The first-order valence-corrected chi connectivity index (χ1v) is 8.69. The molecule has 0 unspecified atom stereocenters. The van der Waals surface area contributed by atoms with Crippen molar-refractivity contribution in [2.24, 2.45) is 4.99 Å². The molecular formula is C19H25IN4O3. The molecule has 2 N–H and O–H groups in total. The summed E-state index contributed by atoms with van der Waals surface area (Å²) in [5.74, 6) is 3.01. The smallest absolute Gasteiger partial charge is 0.231 e. The highest BCUT2D eigenvalue weighted by molar-refractivity contribution is 14.0. The number of ether oxygens (including phenoxy) is 3. The van der Waals surface area contributed by atoms with Gasteiger partial charge in [-0.25, -0.2) is 4.98 Å². The van der Waals surface area contributed by atoms with Crippen molar-refractivity contribution in [3.05, 3.63) is 47.7 Å². The van der Waals surface area contributed by atoms with Gasteiger partial charge >= 0.3 is 0 Å². The van der Waals surface area contributed by atoms with Crippen molar-refractivity contribution in [2.75, 3.05) is 27.0 Å². The first kappa shape index (κ1) is 21.1. The number of benzene rings is 1. The minimum Gasteiger partial charge on any atom is -0.478 e. The van der Waals surface area contributed by atoms with E-state index in [0.717, 1.165) is 36.0 Å². The largest absolute Gasteiger partial charge is 0.478 e. The number of aliphatic imine (C=N–C) groups is 1. The number of hydrogen-bond acceptors (Lipinski definition) is 5. The monoisotopic (exact) mass is 484 g/mol. The highest BCUT2D eigenvalue weighted by atomic mass is 127. The molecule has 0 amide bonds. The maximum absolute atomic E-state index is 5.42. The van der Waals surface area contributed by atoms with Gasteiger partial charge in [0.1, 0.15) is 0 Å². The fraction of sp³-hybridized carbons (Fsp3) is 0.368. The minimum absolute atomic E-state index is 0. The van der Waals surface area contributed by atoms with Crippen LogP contribution in [0, 0.1) is 0 Å². The van der Waals surface area contributed by atoms with Gasteiger partial charge in [0.2, 0.25) is 12.7 Å². The second-order valence-corrected chi connectivity index (χ2v) is 5.73. The fourth-order valence-corrected chi connectivity index (χ4v) is 2.62. The predicted octanol–water partition coefficient (Wildman–Crippen LogP) is 2.73. The number of pyridine rings is 1. The molecule has 1 aliphatic rings. The van der Waals surface area contributed by atoms with Crippen molar-refractivity contribution in [2.45, 2.75) is 19.9 Å². The molecule has 3 rings (SSSR count). The Balaban J connectivity index is 0.00000261. The van der Waals surface area contributed by atoms with Gasteiger partial charge in [-0.05, 0) is 42.7 Å². The summed E-state index contributed by atoms with van der Waals surface area (Å²) >= 11 is 0. The molecule has 0 atom stereocenters. The fourth-order valence-electron chi connectivity index (χ4n) is 2.62. The first-order valence-electron chi connectivity index (χ1n) is 8.69. The van der Waals surface area contributed by atoms with Crippen LogP contribution < -0.4 is 24.8 Å². The molecule has 0 spiro atoms. The zero-order chi connectivity index (χ0) is 18.2. The van der Waals surface area contributed by atoms with Crippen molar-refractivity contribution >= 4 is 29.9 Å². The summed E-state index contributed by atoms with van der Waals surface area (Å²) in [5.41, 5.74) is 2.27. The Kier molecular flexibility index (Phi) is 8.43. The van der Waals surface area contributed by atoms with E-state index < -0.39 is 0 Å². The topological polar surface area (TPSA) is 77.0 Å². The van der Waals surface area contributed by atoms with Gasteiger partial charge in [0.25, 0.3) is 0 Å².